The van der Waals surface area contributed by atoms with E-state index in [9.17, 15) is 4.79 Å². The summed E-state index contributed by atoms with van der Waals surface area (Å²) in [5.41, 5.74) is 7.17. The van der Waals surface area contributed by atoms with Crippen molar-refractivity contribution in [2.45, 2.75) is 45.3 Å². The molecule has 1 aliphatic heterocycles. The van der Waals surface area contributed by atoms with Gasteiger partial charge in [-0.3, -0.25) is 4.79 Å². The Morgan fingerprint density at radius 3 is 2.68 bits per heavy atom. The summed E-state index contributed by atoms with van der Waals surface area (Å²) in [4.78, 5) is 12.4. The van der Waals surface area contributed by atoms with Crippen molar-refractivity contribution in [1.29, 1.82) is 0 Å². The van der Waals surface area contributed by atoms with Crippen LogP contribution < -0.4 is 11.1 Å². The quantitative estimate of drug-likeness (QED) is 0.827. The largest absolute Gasteiger partial charge is 0.349 e. The Labute approximate surface area is 160 Å². The van der Waals surface area contributed by atoms with Gasteiger partial charge >= 0.3 is 0 Å². The van der Waals surface area contributed by atoms with Gasteiger partial charge in [-0.25, -0.2) is 0 Å². The third kappa shape index (κ3) is 4.93. The van der Waals surface area contributed by atoms with Crippen molar-refractivity contribution in [2.24, 2.45) is 11.7 Å². The Balaban J connectivity index is 0.00000156. The number of nitrogens with zero attached hydrogens (tertiary/aromatic N) is 3. The lowest BCUT2D eigenvalue weighted by molar-refractivity contribution is -0.125. The third-order valence-corrected chi connectivity index (χ3v) is 4.49. The van der Waals surface area contributed by atoms with Crippen LogP contribution in [-0.4, -0.2) is 20.7 Å². The Morgan fingerprint density at radius 1 is 1.24 bits per heavy atom. The first-order valence-corrected chi connectivity index (χ1v) is 8.16. The molecular weight excluding hydrogens is 361 g/mol. The first kappa shape index (κ1) is 21.4. The number of halogens is 2. The molecule has 2 atom stereocenters. The summed E-state index contributed by atoms with van der Waals surface area (Å²) in [6.45, 7) is 3.19. The molecule has 138 valence electrons. The van der Waals surface area contributed by atoms with Crippen molar-refractivity contribution in [2.75, 3.05) is 0 Å². The van der Waals surface area contributed by atoms with Crippen LogP contribution in [0.25, 0.3) is 0 Å². The monoisotopic (exact) mass is 385 g/mol. The van der Waals surface area contributed by atoms with E-state index in [1.54, 1.807) is 0 Å². The van der Waals surface area contributed by atoms with Gasteiger partial charge in [-0.1, -0.05) is 37.3 Å². The number of benzene rings is 1. The van der Waals surface area contributed by atoms with E-state index in [-0.39, 0.29) is 42.7 Å². The topological polar surface area (TPSA) is 85.8 Å². The fourth-order valence-electron chi connectivity index (χ4n) is 2.95. The van der Waals surface area contributed by atoms with Crippen LogP contribution in [0.3, 0.4) is 0 Å². The number of carbonyl (C=O) groups is 1. The van der Waals surface area contributed by atoms with E-state index in [2.05, 4.69) is 20.1 Å². The van der Waals surface area contributed by atoms with Crippen LogP contribution in [0, 0.1) is 5.92 Å². The van der Waals surface area contributed by atoms with Crippen LogP contribution in [0.15, 0.2) is 30.3 Å². The molecule has 1 aromatic carbocycles. The Hall–Kier alpha value is -1.63. The maximum absolute atomic E-state index is 12.4. The van der Waals surface area contributed by atoms with Gasteiger partial charge in [0.05, 0.1) is 12.5 Å². The molecule has 1 aromatic heterocycles. The number of nitrogens with one attached hydrogen (secondary N) is 1. The lowest BCUT2D eigenvalue weighted by Gasteiger charge is -2.20. The molecule has 0 radical (unpaired) electrons. The number of fused-ring (bicyclic) bond motifs is 1. The summed E-state index contributed by atoms with van der Waals surface area (Å²) in [6, 6.07) is 9.38. The number of aryl methyl sites for hydroxylation is 1. The van der Waals surface area contributed by atoms with E-state index in [4.69, 9.17) is 5.73 Å². The maximum atomic E-state index is 12.4. The SMILES string of the molecule is CC(C(=O)NCc1nnc2n1CCCC2)C(N)c1ccccc1.Cl.Cl. The van der Waals surface area contributed by atoms with Crippen LogP contribution in [0.4, 0.5) is 0 Å². The maximum Gasteiger partial charge on any atom is 0.225 e. The molecule has 6 nitrogen and oxygen atoms in total. The number of rotatable bonds is 5. The summed E-state index contributed by atoms with van der Waals surface area (Å²) in [6.07, 6.45) is 3.27. The normalized spacial score (nSPS) is 15.1. The first-order valence-electron chi connectivity index (χ1n) is 8.16. The van der Waals surface area contributed by atoms with Crippen molar-refractivity contribution in [3.63, 3.8) is 0 Å². The molecule has 1 amide bonds. The molecule has 0 aliphatic carbocycles. The minimum Gasteiger partial charge on any atom is -0.349 e. The van der Waals surface area contributed by atoms with E-state index < -0.39 is 0 Å². The molecule has 0 saturated carbocycles. The molecule has 3 rings (SSSR count). The number of nitrogens with two attached hydrogens (primary N) is 1. The molecule has 0 fully saturated rings. The second-order valence-corrected chi connectivity index (χ2v) is 6.08. The molecule has 2 unspecified atom stereocenters. The van der Waals surface area contributed by atoms with Gasteiger partial charge in [-0.05, 0) is 18.4 Å². The van der Waals surface area contributed by atoms with Crippen molar-refractivity contribution < 1.29 is 4.79 Å². The number of aromatic nitrogens is 3. The molecular formula is C17H25Cl2N5O. The molecule has 0 saturated heterocycles. The van der Waals surface area contributed by atoms with Crippen molar-refractivity contribution >= 4 is 30.7 Å². The predicted molar refractivity (Wildman–Crippen MR) is 102 cm³/mol. The fourth-order valence-corrected chi connectivity index (χ4v) is 2.95. The Kier molecular flexibility index (Phi) is 8.35. The highest BCUT2D eigenvalue weighted by Gasteiger charge is 2.23. The smallest absolute Gasteiger partial charge is 0.225 e. The van der Waals surface area contributed by atoms with Crippen LogP contribution >= 0.6 is 24.8 Å². The number of amides is 1. The Bertz CT molecular complexity index is 677. The van der Waals surface area contributed by atoms with E-state index >= 15 is 0 Å². The van der Waals surface area contributed by atoms with Gasteiger partial charge in [0, 0.05) is 19.0 Å². The van der Waals surface area contributed by atoms with E-state index in [1.807, 2.05) is 37.3 Å². The van der Waals surface area contributed by atoms with Gasteiger partial charge in [-0.2, -0.15) is 0 Å². The molecule has 8 heteroatoms. The number of hydrogen-bond acceptors (Lipinski definition) is 4. The third-order valence-electron chi connectivity index (χ3n) is 4.49. The van der Waals surface area contributed by atoms with Gasteiger partial charge in [0.1, 0.15) is 5.82 Å². The number of carbonyl (C=O) groups excluding carboxylic acids is 1. The first-order chi connectivity index (χ1) is 11.2. The molecule has 0 spiro atoms. The lowest BCUT2D eigenvalue weighted by Crippen LogP contribution is -2.36. The highest BCUT2D eigenvalue weighted by atomic mass is 35.5. The number of hydrogen-bond donors (Lipinski definition) is 2. The van der Waals surface area contributed by atoms with Crippen molar-refractivity contribution in [1.82, 2.24) is 20.1 Å². The van der Waals surface area contributed by atoms with Gasteiger partial charge in [0.2, 0.25) is 5.91 Å². The second kappa shape index (κ2) is 9.75. The van der Waals surface area contributed by atoms with Gasteiger partial charge in [-0.15, -0.1) is 35.0 Å². The highest BCUT2D eigenvalue weighted by molar-refractivity contribution is 5.85. The van der Waals surface area contributed by atoms with E-state index in [0.717, 1.165) is 43.0 Å². The average molecular weight is 386 g/mol. The zero-order chi connectivity index (χ0) is 16.2. The van der Waals surface area contributed by atoms with Crippen molar-refractivity contribution in [3.8, 4) is 0 Å². The Morgan fingerprint density at radius 2 is 1.96 bits per heavy atom. The van der Waals surface area contributed by atoms with Gasteiger partial charge < -0.3 is 15.6 Å². The standard InChI is InChI=1S/C17H23N5O.2ClH/c1-12(16(18)13-7-3-2-4-8-13)17(23)19-11-15-21-20-14-9-5-6-10-22(14)15;;/h2-4,7-8,12,16H,5-6,9-11,18H2,1H3,(H,19,23);2*1H. The summed E-state index contributed by atoms with van der Waals surface area (Å²) in [5.74, 6) is 1.48. The zero-order valence-corrected chi connectivity index (χ0v) is 15.9. The van der Waals surface area contributed by atoms with Crippen LogP contribution in [0.2, 0.25) is 0 Å². The highest BCUT2D eigenvalue weighted by Crippen LogP contribution is 2.19. The summed E-state index contributed by atoms with van der Waals surface area (Å²) < 4.78 is 2.12. The average Bonchev–Trinajstić information content (AvgIpc) is 3.02. The fraction of sp³-hybridized carbons (Fsp3) is 0.471. The molecule has 3 N–H and O–H groups in total. The van der Waals surface area contributed by atoms with Crippen LogP contribution in [0.1, 0.15) is 43.0 Å². The molecule has 2 aromatic rings. The predicted octanol–water partition coefficient (Wildman–Crippen LogP) is 2.41. The summed E-state index contributed by atoms with van der Waals surface area (Å²) >= 11 is 0. The van der Waals surface area contributed by atoms with Crippen LogP contribution in [0.5, 0.6) is 0 Å². The molecule has 2 heterocycles. The second-order valence-electron chi connectivity index (χ2n) is 6.08. The molecule has 0 bridgehead atoms. The molecule has 1 aliphatic rings. The lowest BCUT2D eigenvalue weighted by atomic mass is 9.95. The molecule has 25 heavy (non-hydrogen) atoms. The van der Waals surface area contributed by atoms with Crippen LogP contribution in [-0.2, 0) is 24.3 Å². The summed E-state index contributed by atoms with van der Waals surface area (Å²) in [5, 5.41) is 11.3. The van der Waals surface area contributed by atoms with Crippen molar-refractivity contribution in [3.05, 3.63) is 47.5 Å². The van der Waals surface area contributed by atoms with Gasteiger partial charge in [0.25, 0.3) is 0 Å². The minimum atomic E-state index is -0.316. The van der Waals surface area contributed by atoms with E-state index in [0.29, 0.717) is 6.54 Å². The van der Waals surface area contributed by atoms with E-state index in [1.165, 1.54) is 0 Å². The zero-order valence-electron chi connectivity index (χ0n) is 14.2. The van der Waals surface area contributed by atoms with Gasteiger partial charge in [0.15, 0.2) is 5.82 Å². The summed E-state index contributed by atoms with van der Waals surface area (Å²) in [7, 11) is 0. The minimum absolute atomic E-state index is 0.